The molecule has 0 aliphatic heterocycles. The number of rotatable bonds is 4. The quantitative estimate of drug-likeness (QED) is 0.853. The van der Waals surface area contributed by atoms with E-state index in [9.17, 15) is 0 Å². The first kappa shape index (κ1) is 11.0. The number of furan rings is 1. The fourth-order valence-electron chi connectivity index (χ4n) is 1.87. The molecule has 0 spiro atoms. The molecular formula is C12H17N3O. The standard InChI is InChI=1S/C12H17N3O/c1-9-11(7-14-15(9)3)12(13-2)6-10-4-5-16-8-10/h4-5,7-8,12-13H,6H2,1-3H3. The largest absolute Gasteiger partial charge is 0.472 e. The molecule has 0 saturated carbocycles. The Morgan fingerprint density at radius 2 is 2.38 bits per heavy atom. The summed E-state index contributed by atoms with van der Waals surface area (Å²) in [5, 5.41) is 7.58. The van der Waals surface area contributed by atoms with Crippen LogP contribution in [0, 0.1) is 6.92 Å². The van der Waals surface area contributed by atoms with Crippen molar-refractivity contribution >= 4 is 0 Å². The van der Waals surface area contributed by atoms with Crippen LogP contribution < -0.4 is 5.32 Å². The molecule has 0 radical (unpaired) electrons. The van der Waals surface area contributed by atoms with Gasteiger partial charge >= 0.3 is 0 Å². The number of aromatic nitrogens is 2. The van der Waals surface area contributed by atoms with Crippen molar-refractivity contribution < 1.29 is 4.42 Å². The lowest BCUT2D eigenvalue weighted by Gasteiger charge is -2.14. The highest BCUT2D eigenvalue weighted by molar-refractivity contribution is 5.23. The lowest BCUT2D eigenvalue weighted by atomic mass is 10.0. The Labute approximate surface area is 95.3 Å². The van der Waals surface area contributed by atoms with Crippen LogP contribution in [0.1, 0.15) is 22.9 Å². The van der Waals surface area contributed by atoms with Gasteiger partial charge in [0.05, 0.1) is 18.7 Å². The minimum Gasteiger partial charge on any atom is -0.472 e. The summed E-state index contributed by atoms with van der Waals surface area (Å²) in [6.45, 7) is 2.09. The van der Waals surface area contributed by atoms with Crippen molar-refractivity contribution in [2.75, 3.05) is 7.05 Å². The molecule has 2 heterocycles. The fraction of sp³-hybridized carbons (Fsp3) is 0.417. The van der Waals surface area contributed by atoms with Gasteiger partial charge in [0.2, 0.25) is 0 Å². The summed E-state index contributed by atoms with van der Waals surface area (Å²) in [5.74, 6) is 0. The Morgan fingerprint density at radius 1 is 1.56 bits per heavy atom. The van der Waals surface area contributed by atoms with Crippen LogP contribution in [0.15, 0.2) is 29.2 Å². The summed E-state index contributed by atoms with van der Waals surface area (Å²) < 4.78 is 6.98. The SMILES string of the molecule is CNC(Cc1ccoc1)c1cnn(C)c1C. The van der Waals surface area contributed by atoms with E-state index < -0.39 is 0 Å². The third-order valence-corrected chi connectivity index (χ3v) is 3.02. The van der Waals surface area contributed by atoms with Gasteiger partial charge in [-0.3, -0.25) is 4.68 Å². The summed E-state index contributed by atoms with van der Waals surface area (Å²) in [6, 6.07) is 2.28. The van der Waals surface area contributed by atoms with Crippen molar-refractivity contribution in [3.8, 4) is 0 Å². The van der Waals surface area contributed by atoms with Gasteiger partial charge in [0, 0.05) is 24.3 Å². The zero-order chi connectivity index (χ0) is 11.5. The molecule has 0 saturated heterocycles. The van der Waals surface area contributed by atoms with Crippen LogP contribution >= 0.6 is 0 Å². The highest BCUT2D eigenvalue weighted by Gasteiger charge is 2.15. The van der Waals surface area contributed by atoms with E-state index in [1.165, 1.54) is 16.8 Å². The molecule has 0 aromatic carbocycles. The molecule has 1 unspecified atom stereocenters. The van der Waals surface area contributed by atoms with E-state index in [4.69, 9.17) is 4.42 Å². The topological polar surface area (TPSA) is 43.0 Å². The first-order chi connectivity index (χ1) is 7.72. The molecule has 86 valence electrons. The normalized spacial score (nSPS) is 12.9. The molecule has 4 heteroatoms. The monoisotopic (exact) mass is 219 g/mol. The summed E-state index contributed by atoms with van der Waals surface area (Å²) in [6.07, 6.45) is 6.34. The van der Waals surface area contributed by atoms with Crippen molar-refractivity contribution in [3.05, 3.63) is 41.6 Å². The number of nitrogens with zero attached hydrogens (tertiary/aromatic N) is 2. The summed E-state index contributed by atoms with van der Waals surface area (Å²) in [5.41, 5.74) is 3.64. The van der Waals surface area contributed by atoms with Gasteiger partial charge in [-0.15, -0.1) is 0 Å². The zero-order valence-corrected chi connectivity index (χ0v) is 9.90. The molecule has 0 aliphatic carbocycles. The molecule has 0 amide bonds. The molecule has 2 aromatic heterocycles. The van der Waals surface area contributed by atoms with E-state index in [1.807, 2.05) is 31.0 Å². The van der Waals surface area contributed by atoms with Gasteiger partial charge in [-0.1, -0.05) is 0 Å². The smallest absolute Gasteiger partial charge is 0.0935 e. The van der Waals surface area contributed by atoms with E-state index >= 15 is 0 Å². The second kappa shape index (κ2) is 4.53. The van der Waals surface area contributed by atoms with Crippen LogP contribution in [0.4, 0.5) is 0 Å². The van der Waals surface area contributed by atoms with Crippen LogP contribution in [0.3, 0.4) is 0 Å². The summed E-state index contributed by atoms with van der Waals surface area (Å²) in [4.78, 5) is 0. The molecule has 0 bridgehead atoms. The lowest BCUT2D eigenvalue weighted by molar-refractivity contribution is 0.550. The van der Waals surface area contributed by atoms with Gasteiger partial charge in [-0.25, -0.2) is 0 Å². The minimum atomic E-state index is 0.284. The van der Waals surface area contributed by atoms with Crippen molar-refractivity contribution in [2.45, 2.75) is 19.4 Å². The van der Waals surface area contributed by atoms with E-state index in [1.54, 1.807) is 12.5 Å². The molecular weight excluding hydrogens is 202 g/mol. The lowest BCUT2D eigenvalue weighted by Crippen LogP contribution is -2.19. The molecule has 0 fully saturated rings. The fourth-order valence-corrected chi connectivity index (χ4v) is 1.87. The maximum absolute atomic E-state index is 5.08. The van der Waals surface area contributed by atoms with Crippen LogP contribution in [-0.4, -0.2) is 16.8 Å². The maximum atomic E-state index is 5.08. The van der Waals surface area contributed by atoms with E-state index in [-0.39, 0.29) is 6.04 Å². The first-order valence-electron chi connectivity index (χ1n) is 5.39. The van der Waals surface area contributed by atoms with Gasteiger partial charge in [0.1, 0.15) is 0 Å². The van der Waals surface area contributed by atoms with Gasteiger partial charge in [-0.2, -0.15) is 5.10 Å². The average molecular weight is 219 g/mol. The van der Waals surface area contributed by atoms with Crippen molar-refractivity contribution in [1.82, 2.24) is 15.1 Å². The third kappa shape index (κ3) is 2.02. The Balaban J connectivity index is 2.20. The molecule has 2 aromatic rings. The third-order valence-electron chi connectivity index (χ3n) is 3.02. The molecule has 16 heavy (non-hydrogen) atoms. The Hall–Kier alpha value is -1.55. The Kier molecular flexibility index (Phi) is 3.10. The second-order valence-electron chi connectivity index (χ2n) is 3.99. The van der Waals surface area contributed by atoms with Crippen LogP contribution in [0.2, 0.25) is 0 Å². The summed E-state index contributed by atoms with van der Waals surface area (Å²) >= 11 is 0. The summed E-state index contributed by atoms with van der Waals surface area (Å²) in [7, 11) is 3.93. The predicted octanol–water partition coefficient (Wildman–Crippen LogP) is 1.82. The minimum absolute atomic E-state index is 0.284. The van der Waals surface area contributed by atoms with Crippen molar-refractivity contribution in [1.29, 1.82) is 0 Å². The first-order valence-corrected chi connectivity index (χ1v) is 5.39. The molecule has 1 N–H and O–H groups in total. The number of hydrogen-bond donors (Lipinski definition) is 1. The molecule has 0 aliphatic rings. The maximum Gasteiger partial charge on any atom is 0.0935 e. The van der Waals surface area contributed by atoms with Gasteiger partial charge in [0.15, 0.2) is 0 Å². The van der Waals surface area contributed by atoms with Crippen LogP contribution in [-0.2, 0) is 13.5 Å². The zero-order valence-electron chi connectivity index (χ0n) is 9.90. The second-order valence-corrected chi connectivity index (χ2v) is 3.99. The number of nitrogens with one attached hydrogen (secondary N) is 1. The average Bonchev–Trinajstić information content (AvgIpc) is 2.88. The predicted molar refractivity (Wildman–Crippen MR) is 62.2 cm³/mol. The highest BCUT2D eigenvalue weighted by Crippen LogP contribution is 2.20. The molecule has 2 rings (SSSR count). The number of hydrogen-bond acceptors (Lipinski definition) is 3. The van der Waals surface area contributed by atoms with Gasteiger partial charge < -0.3 is 9.73 Å². The van der Waals surface area contributed by atoms with Crippen LogP contribution in [0.25, 0.3) is 0 Å². The molecule has 4 nitrogen and oxygen atoms in total. The Bertz CT molecular complexity index is 445. The molecule has 1 atom stereocenters. The van der Waals surface area contributed by atoms with Gasteiger partial charge in [0.25, 0.3) is 0 Å². The van der Waals surface area contributed by atoms with Gasteiger partial charge in [-0.05, 0) is 32.0 Å². The van der Waals surface area contributed by atoms with E-state index in [0.717, 1.165) is 6.42 Å². The van der Waals surface area contributed by atoms with Crippen LogP contribution in [0.5, 0.6) is 0 Å². The van der Waals surface area contributed by atoms with Crippen molar-refractivity contribution in [2.24, 2.45) is 7.05 Å². The number of aryl methyl sites for hydroxylation is 1. The van der Waals surface area contributed by atoms with E-state index in [0.29, 0.717) is 0 Å². The highest BCUT2D eigenvalue weighted by atomic mass is 16.3. The van der Waals surface area contributed by atoms with E-state index in [2.05, 4.69) is 17.3 Å². The van der Waals surface area contributed by atoms with Crippen molar-refractivity contribution in [3.63, 3.8) is 0 Å². The number of likely N-dealkylation sites (N-methyl/N-ethyl adjacent to an activating group) is 1. The Morgan fingerprint density at radius 3 is 2.88 bits per heavy atom.